The molecule has 0 aromatic heterocycles. The minimum absolute atomic E-state index is 0. The molecule has 1 fully saturated rings. The Morgan fingerprint density at radius 1 is 0.495 bits per heavy atom. The molecule has 91 heavy (non-hydrogen) atoms. The molecule has 3 aromatic carbocycles. The van der Waals surface area contributed by atoms with E-state index in [1.807, 2.05) is 6.08 Å². The van der Waals surface area contributed by atoms with Crippen molar-refractivity contribution in [2.45, 2.75) is 262 Å². The van der Waals surface area contributed by atoms with Gasteiger partial charge in [0, 0.05) is 6.42 Å². The van der Waals surface area contributed by atoms with Crippen molar-refractivity contribution in [2.75, 3.05) is 13.2 Å². The van der Waals surface area contributed by atoms with Gasteiger partial charge in [-0.25, -0.2) is 22.7 Å². The molecule has 0 aliphatic carbocycles. The zero-order valence-electron chi connectivity index (χ0n) is 54.9. The second-order valence-corrected chi connectivity index (χ2v) is 25.3. The number of unbranched alkanes of at least 4 members (excludes halogenated alkanes) is 28. The summed E-state index contributed by atoms with van der Waals surface area (Å²) in [6.45, 7) is 2.66. The summed E-state index contributed by atoms with van der Waals surface area (Å²) < 4.78 is 110. The van der Waals surface area contributed by atoms with E-state index in [0.29, 0.717) is 12.8 Å². The number of rotatable bonds is 50. The fraction of sp³-hybridized carbons (Fsp3) is 0.623. The van der Waals surface area contributed by atoms with Gasteiger partial charge in [0.1, 0.15) is 12.2 Å². The molecule has 18 nitrogen and oxygen atoms in total. The predicted octanol–water partition coefficient (Wildman–Crippen LogP) is 9.54. The van der Waals surface area contributed by atoms with Crippen LogP contribution in [0.4, 0.5) is 0 Å². The summed E-state index contributed by atoms with van der Waals surface area (Å²) in [4.78, 5) is 55.7. The molecule has 1 amide bonds. The van der Waals surface area contributed by atoms with Crippen molar-refractivity contribution in [1.82, 2.24) is 5.32 Å². The van der Waals surface area contributed by atoms with Crippen LogP contribution in [0.1, 0.15) is 250 Å². The van der Waals surface area contributed by atoms with Crippen LogP contribution in [-0.2, 0) is 57.6 Å². The normalized spacial score (nSPS) is 17.4. The number of hydrogen-bond acceptors (Lipinski definition) is 15. The number of benzene rings is 3. The maximum atomic E-state index is 14.1. The van der Waals surface area contributed by atoms with Crippen LogP contribution in [0.3, 0.4) is 0 Å². The molecule has 0 spiro atoms. The third kappa shape index (κ3) is 38.7. The molecule has 1 saturated heterocycles. The van der Waals surface area contributed by atoms with Gasteiger partial charge in [0.05, 0.1) is 35.9 Å². The van der Waals surface area contributed by atoms with E-state index in [0.717, 1.165) is 64.2 Å². The van der Waals surface area contributed by atoms with E-state index >= 15 is 0 Å². The minimum atomic E-state index is -5.54. The van der Waals surface area contributed by atoms with Crippen LogP contribution in [0.25, 0.3) is 0 Å². The topological polar surface area (TPSA) is 254 Å². The number of carbonyl (C=O) groups excluding carboxylic acids is 4. The second-order valence-electron chi connectivity index (χ2n) is 23.2. The number of esters is 3. The van der Waals surface area contributed by atoms with Crippen molar-refractivity contribution in [3.63, 3.8) is 0 Å². The Bertz CT molecular complexity index is 2690. The predicted molar refractivity (Wildman–Crippen MR) is 345 cm³/mol. The molecule has 22 heteroatoms. The largest absolute Gasteiger partial charge is 1.00 e. The van der Waals surface area contributed by atoms with Crippen LogP contribution in [0, 0.1) is 0 Å². The van der Waals surface area contributed by atoms with Crippen molar-refractivity contribution in [3.8, 4) is 0 Å². The van der Waals surface area contributed by atoms with Crippen LogP contribution >= 0.6 is 0 Å². The third-order valence-electron chi connectivity index (χ3n) is 15.6. The minimum Gasteiger partial charge on any atom is -0.452 e. The van der Waals surface area contributed by atoms with E-state index in [9.17, 15) is 45.1 Å². The van der Waals surface area contributed by atoms with Crippen molar-refractivity contribution in [3.05, 3.63) is 132 Å². The number of allylic oxidation sites excluding steroid dienone is 3. The Labute approximate surface area is 588 Å². The zero-order chi connectivity index (χ0) is 64.2. The van der Waals surface area contributed by atoms with Gasteiger partial charge in [0.25, 0.3) is 0 Å². The summed E-state index contributed by atoms with van der Waals surface area (Å²) in [5.41, 5.74) is 0.0917. The first kappa shape index (κ1) is 83.8. The third-order valence-corrected chi connectivity index (χ3v) is 16.5. The SMILES string of the molecule is CCCCCCCC/C=C\CCCCCCCCCCCCCC(=O)N[C@@H](CO[C@@H]1O[C@H](COS(=O)(=O)O)[C@H](OC(=O)c2ccccc2)[C@H](OC(=O)c2ccccc2)[C@H]1OS(=O)(=O)O)[C@@H](/C=C/CCCCCCCCCCCCC)OC(=O)c1ccccc1.[Na+].[Na+]. The molecule has 1 heterocycles. The molecule has 7 atom stereocenters. The second kappa shape index (κ2) is 51.0. The zero-order valence-corrected chi connectivity index (χ0v) is 60.5. The summed E-state index contributed by atoms with van der Waals surface area (Å²) in [6.07, 6.45) is 31.8. The summed E-state index contributed by atoms with van der Waals surface area (Å²) in [5.74, 6) is -3.37. The molecule has 3 aromatic rings. The van der Waals surface area contributed by atoms with Gasteiger partial charge in [-0.2, -0.15) is 16.8 Å². The molecule has 498 valence electrons. The molecule has 1 aliphatic rings. The molecule has 3 N–H and O–H groups in total. The Kier molecular flexibility index (Phi) is 47.0. The molecule has 0 saturated carbocycles. The maximum Gasteiger partial charge on any atom is 1.00 e. The van der Waals surface area contributed by atoms with E-state index < -0.39 is 101 Å². The van der Waals surface area contributed by atoms with Gasteiger partial charge in [-0.05, 0) is 87.4 Å². The van der Waals surface area contributed by atoms with Crippen LogP contribution in [0.15, 0.2) is 115 Å². The molecule has 0 unspecified atom stereocenters. The summed E-state index contributed by atoms with van der Waals surface area (Å²) in [6, 6.07) is 21.7. The van der Waals surface area contributed by atoms with Gasteiger partial charge in [0.15, 0.2) is 24.6 Å². The van der Waals surface area contributed by atoms with Gasteiger partial charge in [0.2, 0.25) is 5.91 Å². The molecule has 4 rings (SSSR count). The smallest absolute Gasteiger partial charge is 0.452 e. The average Bonchev–Trinajstić information content (AvgIpc) is 0.830. The summed E-state index contributed by atoms with van der Waals surface area (Å²) >= 11 is 0. The summed E-state index contributed by atoms with van der Waals surface area (Å²) in [7, 11) is -10.8. The standard InChI is InChI=1S/C69H103NO17S2.2Na/c1-3-5-7-9-11-13-15-17-18-19-20-21-22-23-24-26-28-30-32-34-45-53-62(71)70-59(60(83-66(72)56-46-38-35-39-47-56)52-44-33-31-29-27-25-16-14-12-10-8-6-4-2)54-81-69-65(87-89(78,79)80)64(86-68(74)58-50-42-37-43-51-58)63(61(84-69)55-82-88(75,76)77)85-67(73)57-48-40-36-41-49-57;;/h17-18,35-44,46-52,59-61,63-65,69H,3-16,19-34,45,53-55H2,1-2H3,(H,70,71)(H,75,76,77)(H,78,79,80);;/q;2*+1/b18-17-,52-44+;;/t59-,60+,61+,63-,64-,65+,69+;;/m0../s1. The summed E-state index contributed by atoms with van der Waals surface area (Å²) in [5, 5.41) is 2.96. The van der Waals surface area contributed by atoms with E-state index in [4.69, 9.17) is 32.1 Å². The van der Waals surface area contributed by atoms with Crippen molar-refractivity contribution < 1.29 is 136 Å². The van der Waals surface area contributed by atoms with Gasteiger partial charge < -0.3 is 29.0 Å². The van der Waals surface area contributed by atoms with Crippen molar-refractivity contribution in [2.24, 2.45) is 0 Å². The average molecular weight is 1330 g/mol. The van der Waals surface area contributed by atoms with Gasteiger partial charge in [-0.1, -0.05) is 241 Å². The fourth-order valence-corrected chi connectivity index (χ4v) is 11.4. The number of amides is 1. The Hall–Kier alpha value is -3.32. The number of ether oxygens (including phenoxy) is 5. The molecule has 0 radical (unpaired) electrons. The number of nitrogens with one attached hydrogen (secondary N) is 1. The Morgan fingerprint density at radius 2 is 0.879 bits per heavy atom. The van der Waals surface area contributed by atoms with Crippen LogP contribution in [0.2, 0.25) is 0 Å². The van der Waals surface area contributed by atoms with Crippen molar-refractivity contribution >= 4 is 44.6 Å². The van der Waals surface area contributed by atoms with Gasteiger partial charge in [-0.15, -0.1) is 0 Å². The van der Waals surface area contributed by atoms with E-state index in [2.05, 4.69) is 31.3 Å². The van der Waals surface area contributed by atoms with E-state index in [-0.39, 0.29) is 82.2 Å². The van der Waals surface area contributed by atoms with Crippen molar-refractivity contribution in [1.29, 1.82) is 0 Å². The van der Waals surface area contributed by atoms with Crippen LogP contribution < -0.4 is 64.4 Å². The number of hydrogen-bond donors (Lipinski definition) is 3. The Morgan fingerprint density at radius 3 is 1.30 bits per heavy atom. The van der Waals surface area contributed by atoms with Crippen LogP contribution in [0.5, 0.6) is 0 Å². The molecule has 0 bridgehead atoms. The maximum absolute atomic E-state index is 14.1. The molecule has 1 aliphatic heterocycles. The molecular formula is C69H103NNa2O17S2+2. The van der Waals surface area contributed by atoms with E-state index in [1.165, 1.54) is 171 Å². The fourth-order valence-electron chi connectivity index (χ4n) is 10.6. The first-order chi connectivity index (χ1) is 43.1. The first-order valence-electron chi connectivity index (χ1n) is 33.0. The van der Waals surface area contributed by atoms with Gasteiger partial charge in [-0.3, -0.25) is 13.9 Å². The number of carbonyl (C=O) groups is 4. The quantitative estimate of drug-likeness (QED) is 0.0119. The first-order valence-corrected chi connectivity index (χ1v) is 35.7. The monoisotopic (exact) mass is 1330 g/mol. The Balaban J connectivity index is 0.0000141. The molecular weight excluding hydrogens is 1220 g/mol. The van der Waals surface area contributed by atoms with Crippen LogP contribution in [-0.4, -0.2) is 106 Å². The van der Waals surface area contributed by atoms with Gasteiger partial charge >= 0.3 is 97.8 Å². The van der Waals surface area contributed by atoms with E-state index in [1.54, 1.807) is 48.5 Å².